The van der Waals surface area contributed by atoms with E-state index in [0.717, 1.165) is 6.08 Å². The summed E-state index contributed by atoms with van der Waals surface area (Å²) in [5.41, 5.74) is 5.05. The second-order valence-electron chi connectivity index (χ2n) is 4.75. The Morgan fingerprint density at radius 2 is 2.13 bits per heavy atom. The van der Waals surface area contributed by atoms with Gasteiger partial charge in [-0.25, -0.2) is 4.79 Å². The van der Waals surface area contributed by atoms with E-state index in [0.29, 0.717) is 0 Å². The number of fused-ring (bicyclic) bond motifs is 1. The standard InChI is InChI=1S/C15H13ClF3NO3/c1-2-22-14(21)9-7-8-3-5-11(20)10(16)4-6-12(8)23-13(9)15(17,18)19/h4,6-8,11,13H,2,20H2,1H3/b10-4+,12-6?. The first kappa shape index (κ1) is 17.4. The molecule has 3 unspecified atom stereocenters. The summed E-state index contributed by atoms with van der Waals surface area (Å²) in [6, 6.07) is -0.755. The van der Waals surface area contributed by atoms with E-state index in [1.165, 1.54) is 19.1 Å². The number of halogens is 4. The predicted molar refractivity (Wildman–Crippen MR) is 76.9 cm³/mol. The molecule has 0 fully saturated rings. The third-order valence-corrected chi connectivity index (χ3v) is 3.46. The predicted octanol–water partition coefficient (Wildman–Crippen LogP) is 2.40. The van der Waals surface area contributed by atoms with Crippen LogP contribution in [-0.2, 0) is 14.3 Å². The zero-order valence-electron chi connectivity index (χ0n) is 12.0. The Morgan fingerprint density at radius 3 is 2.74 bits per heavy atom. The Kier molecular flexibility index (Phi) is 5.07. The van der Waals surface area contributed by atoms with Crippen LogP contribution in [-0.4, -0.2) is 30.9 Å². The van der Waals surface area contributed by atoms with Gasteiger partial charge in [-0.2, -0.15) is 13.2 Å². The normalized spacial score (nSPS) is 29.1. The fourth-order valence-corrected chi connectivity index (χ4v) is 2.14. The molecular formula is C15H13ClF3NO3. The van der Waals surface area contributed by atoms with Crippen LogP contribution in [0, 0.1) is 17.8 Å². The maximum Gasteiger partial charge on any atom is 0.429 e. The van der Waals surface area contributed by atoms with E-state index < -0.39 is 35.8 Å². The lowest BCUT2D eigenvalue weighted by Gasteiger charge is -2.30. The monoisotopic (exact) mass is 347 g/mol. The Hall–Kier alpha value is -1.91. The lowest BCUT2D eigenvalue weighted by atomic mass is 9.95. The van der Waals surface area contributed by atoms with Crippen LogP contribution in [0.15, 0.2) is 34.6 Å². The molecule has 1 heterocycles. The van der Waals surface area contributed by atoms with Crippen LogP contribution >= 0.6 is 11.6 Å². The molecule has 0 aromatic carbocycles. The van der Waals surface area contributed by atoms with Gasteiger partial charge in [-0.15, -0.1) is 0 Å². The molecule has 23 heavy (non-hydrogen) atoms. The third-order valence-electron chi connectivity index (χ3n) is 3.10. The third kappa shape index (κ3) is 3.89. The van der Waals surface area contributed by atoms with Gasteiger partial charge in [-0.05, 0) is 25.2 Å². The minimum atomic E-state index is -4.77. The van der Waals surface area contributed by atoms with Crippen LogP contribution < -0.4 is 5.73 Å². The number of alkyl halides is 3. The smallest absolute Gasteiger partial charge is 0.429 e. The van der Waals surface area contributed by atoms with Crippen LogP contribution in [0.1, 0.15) is 6.92 Å². The lowest BCUT2D eigenvalue weighted by molar-refractivity contribution is -0.203. The summed E-state index contributed by atoms with van der Waals surface area (Å²) in [4.78, 5) is 11.8. The summed E-state index contributed by atoms with van der Waals surface area (Å²) in [5, 5.41) is 0.177. The fraction of sp³-hybridized carbons (Fsp3) is 0.400. The van der Waals surface area contributed by atoms with E-state index in [1.54, 1.807) is 0 Å². The van der Waals surface area contributed by atoms with E-state index in [2.05, 4.69) is 16.6 Å². The van der Waals surface area contributed by atoms with Crippen molar-refractivity contribution in [1.82, 2.24) is 0 Å². The van der Waals surface area contributed by atoms with Crippen molar-refractivity contribution >= 4 is 17.6 Å². The average molecular weight is 348 g/mol. The van der Waals surface area contributed by atoms with Gasteiger partial charge in [0.1, 0.15) is 11.8 Å². The lowest BCUT2D eigenvalue weighted by Crippen LogP contribution is -2.40. The molecule has 2 aliphatic rings. The SMILES string of the molecule is CCOC(=O)C1=CC2C#CC(N)/C(Cl)=C\C=C2OC1C(F)(F)F. The van der Waals surface area contributed by atoms with Crippen LogP contribution in [0.2, 0.25) is 0 Å². The summed E-state index contributed by atoms with van der Waals surface area (Å²) >= 11 is 5.84. The van der Waals surface area contributed by atoms with Crippen molar-refractivity contribution < 1.29 is 27.4 Å². The first-order valence-corrected chi connectivity index (χ1v) is 7.08. The zero-order chi connectivity index (χ0) is 17.2. The molecule has 0 bridgehead atoms. The summed E-state index contributed by atoms with van der Waals surface area (Å²) in [7, 11) is 0. The van der Waals surface area contributed by atoms with E-state index in [4.69, 9.17) is 22.1 Å². The van der Waals surface area contributed by atoms with Crippen LogP contribution in [0.25, 0.3) is 0 Å². The van der Waals surface area contributed by atoms with Crippen molar-refractivity contribution in [1.29, 1.82) is 0 Å². The Labute approximate surface area is 135 Å². The van der Waals surface area contributed by atoms with Crippen molar-refractivity contribution in [2.75, 3.05) is 6.61 Å². The molecule has 0 saturated heterocycles. The maximum atomic E-state index is 13.2. The molecule has 0 spiro atoms. The quantitative estimate of drug-likeness (QED) is 0.615. The number of esters is 1. The van der Waals surface area contributed by atoms with E-state index >= 15 is 0 Å². The number of hydrogen-bond acceptors (Lipinski definition) is 4. The maximum absolute atomic E-state index is 13.2. The van der Waals surface area contributed by atoms with Gasteiger partial charge in [0.25, 0.3) is 0 Å². The van der Waals surface area contributed by atoms with Gasteiger partial charge in [0, 0.05) is 5.03 Å². The van der Waals surface area contributed by atoms with Crippen molar-refractivity contribution in [3.05, 3.63) is 34.6 Å². The van der Waals surface area contributed by atoms with Gasteiger partial charge in [-0.1, -0.05) is 23.4 Å². The molecule has 0 amide bonds. The van der Waals surface area contributed by atoms with Crippen molar-refractivity contribution in [3.63, 3.8) is 0 Å². The topological polar surface area (TPSA) is 61.5 Å². The molecular weight excluding hydrogens is 335 g/mol. The minimum absolute atomic E-state index is 0.0526. The van der Waals surface area contributed by atoms with E-state index in [1.807, 2.05) is 0 Å². The van der Waals surface area contributed by atoms with Gasteiger partial charge in [0.05, 0.1) is 18.1 Å². The zero-order valence-corrected chi connectivity index (χ0v) is 12.7. The van der Waals surface area contributed by atoms with Crippen LogP contribution in [0.3, 0.4) is 0 Å². The average Bonchev–Trinajstić information content (AvgIpc) is 2.47. The highest BCUT2D eigenvalue weighted by Crippen LogP contribution is 2.37. The van der Waals surface area contributed by atoms with Crippen molar-refractivity contribution in [3.8, 4) is 11.8 Å². The van der Waals surface area contributed by atoms with Crippen molar-refractivity contribution in [2.24, 2.45) is 11.7 Å². The van der Waals surface area contributed by atoms with Gasteiger partial charge >= 0.3 is 12.1 Å². The summed E-state index contributed by atoms with van der Waals surface area (Å²) in [6.45, 7) is 1.44. The second-order valence-corrected chi connectivity index (χ2v) is 5.18. The second kappa shape index (κ2) is 6.69. The number of ether oxygens (including phenoxy) is 2. The molecule has 0 aromatic rings. The first-order valence-electron chi connectivity index (χ1n) is 6.70. The molecule has 8 heteroatoms. The molecule has 0 radical (unpaired) electrons. The largest absolute Gasteiger partial charge is 0.479 e. The number of carbonyl (C=O) groups is 1. The molecule has 0 aromatic heterocycles. The number of rotatable bonds is 2. The summed E-state index contributed by atoms with van der Waals surface area (Å²) < 4.78 is 49.2. The first-order chi connectivity index (χ1) is 10.7. The molecule has 0 saturated carbocycles. The van der Waals surface area contributed by atoms with Gasteiger partial charge in [0.2, 0.25) is 6.10 Å². The van der Waals surface area contributed by atoms with Crippen LogP contribution in [0.5, 0.6) is 0 Å². The molecule has 2 N–H and O–H groups in total. The minimum Gasteiger partial charge on any atom is -0.479 e. The van der Waals surface area contributed by atoms with Gasteiger partial charge in [-0.3, -0.25) is 0 Å². The molecule has 124 valence electrons. The highest BCUT2D eigenvalue weighted by Gasteiger charge is 2.50. The van der Waals surface area contributed by atoms with Crippen LogP contribution in [0.4, 0.5) is 13.2 Å². The Balaban J connectivity index is 2.48. The highest BCUT2D eigenvalue weighted by atomic mass is 35.5. The summed E-state index contributed by atoms with van der Waals surface area (Å²) in [6.07, 6.45) is -3.48. The number of carbonyl (C=O) groups excluding carboxylic acids is 1. The fourth-order valence-electron chi connectivity index (χ4n) is 2.02. The molecule has 3 atom stereocenters. The summed E-state index contributed by atoms with van der Waals surface area (Å²) in [5.74, 6) is 3.29. The van der Waals surface area contributed by atoms with Gasteiger partial charge in [0.15, 0.2) is 0 Å². The number of allylic oxidation sites excluding steroid dienone is 3. The van der Waals surface area contributed by atoms with Crippen molar-refractivity contribution in [2.45, 2.75) is 25.2 Å². The molecule has 1 aliphatic heterocycles. The highest BCUT2D eigenvalue weighted by molar-refractivity contribution is 6.30. The molecule has 2 rings (SSSR count). The van der Waals surface area contributed by atoms with E-state index in [9.17, 15) is 18.0 Å². The Morgan fingerprint density at radius 1 is 1.43 bits per heavy atom. The number of hydrogen-bond donors (Lipinski definition) is 1. The number of nitrogens with two attached hydrogens (primary N) is 1. The molecule has 1 aliphatic carbocycles. The van der Waals surface area contributed by atoms with E-state index in [-0.39, 0.29) is 17.4 Å². The Bertz CT molecular complexity index is 655. The molecule has 4 nitrogen and oxygen atoms in total. The van der Waals surface area contributed by atoms with Gasteiger partial charge < -0.3 is 15.2 Å².